The Balaban J connectivity index is 0.00000361. The zero-order valence-electron chi connectivity index (χ0n) is 13.4. The number of rotatable bonds is 6. The molecule has 1 amide bonds. The number of nitrogens with two attached hydrogens (primary N) is 1. The van der Waals surface area contributed by atoms with Crippen molar-refractivity contribution in [1.29, 1.82) is 0 Å². The van der Waals surface area contributed by atoms with Crippen LogP contribution in [-0.2, 0) is 4.79 Å². The molecular formula is C15H32ClN3O. The minimum Gasteiger partial charge on any atom is -0.354 e. The van der Waals surface area contributed by atoms with Gasteiger partial charge in [-0.2, -0.15) is 0 Å². The summed E-state index contributed by atoms with van der Waals surface area (Å²) < 4.78 is 0. The molecule has 1 heterocycles. The molecule has 0 aromatic carbocycles. The third kappa shape index (κ3) is 5.98. The molecule has 0 aliphatic carbocycles. The Labute approximate surface area is 130 Å². The van der Waals surface area contributed by atoms with Gasteiger partial charge in [-0.25, -0.2) is 0 Å². The van der Waals surface area contributed by atoms with Crippen LogP contribution >= 0.6 is 12.4 Å². The zero-order valence-corrected chi connectivity index (χ0v) is 14.3. The van der Waals surface area contributed by atoms with E-state index in [-0.39, 0.29) is 18.3 Å². The third-order valence-corrected chi connectivity index (χ3v) is 4.12. The van der Waals surface area contributed by atoms with Crippen LogP contribution in [0.15, 0.2) is 0 Å². The molecule has 1 aliphatic rings. The Kier molecular flexibility index (Phi) is 8.71. The number of hydrogen-bond acceptors (Lipinski definition) is 3. The van der Waals surface area contributed by atoms with Crippen molar-refractivity contribution in [3.05, 3.63) is 0 Å². The van der Waals surface area contributed by atoms with Gasteiger partial charge in [0.2, 0.25) is 5.91 Å². The summed E-state index contributed by atoms with van der Waals surface area (Å²) in [6.07, 6.45) is 4.11. The summed E-state index contributed by atoms with van der Waals surface area (Å²) in [5.41, 5.74) is 5.32. The Morgan fingerprint density at radius 1 is 1.50 bits per heavy atom. The van der Waals surface area contributed by atoms with Crippen molar-refractivity contribution in [2.45, 2.75) is 65.0 Å². The number of hydrogen-bond donors (Lipinski definition) is 2. The molecule has 20 heavy (non-hydrogen) atoms. The molecule has 120 valence electrons. The van der Waals surface area contributed by atoms with E-state index < -0.39 is 5.54 Å². The first-order chi connectivity index (χ1) is 8.86. The van der Waals surface area contributed by atoms with Gasteiger partial charge in [0.25, 0.3) is 0 Å². The van der Waals surface area contributed by atoms with Crippen molar-refractivity contribution < 1.29 is 4.79 Å². The van der Waals surface area contributed by atoms with Crippen molar-refractivity contribution in [3.8, 4) is 0 Å². The summed E-state index contributed by atoms with van der Waals surface area (Å²) in [7, 11) is 0. The van der Waals surface area contributed by atoms with Gasteiger partial charge in [-0.1, -0.05) is 13.3 Å². The molecule has 5 heteroatoms. The fourth-order valence-corrected chi connectivity index (χ4v) is 2.80. The van der Waals surface area contributed by atoms with Crippen LogP contribution in [0.25, 0.3) is 0 Å². The van der Waals surface area contributed by atoms with E-state index in [1.807, 2.05) is 6.92 Å². The Morgan fingerprint density at radius 2 is 2.15 bits per heavy atom. The van der Waals surface area contributed by atoms with Gasteiger partial charge in [-0.15, -0.1) is 12.4 Å². The minimum atomic E-state index is -0.721. The number of halogens is 1. The molecule has 0 aromatic rings. The first-order valence-electron chi connectivity index (χ1n) is 7.68. The molecule has 0 aromatic heterocycles. The lowest BCUT2D eigenvalue weighted by atomic mass is 9.94. The van der Waals surface area contributed by atoms with E-state index in [9.17, 15) is 4.79 Å². The molecule has 1 fully saturated rings. The van der Waals surface area contributed by atoms with Gasteiger partial charge in [0.15, 0.2) is 0 Å². The van der Waals surface area contributed by atoms with Gasteiger partial charge in [0.1, 0.15) is 0 Å². The van der Waals surface area contributed by atoms with Crippen LogP contribution in [0.2, 0.25) is 0 Å². The first-order valence-corrected chi connectivity index (χ1v) is 7.68. The van der Waals surface area contributed by atoms with E-state index in [2.05, 4.69) is 31.0 Å². The number of nitrogens with zero attached hydrogens (tertiary/aromatic N) is 1. The highest BCUT2D eigenvalue weighted by molar-refractivity contribution is 5.85. The molecule has 4 nitrogen and oxygen atoms in total. The largest absolute Gasteiger partial charge is 0.354 e. The fourth-order valence-electron chi connectivity index (χ4n) is 2.80. The van der Waals surface area contributed by atoms with Crippen LogP contribution in [0.1, 0.15) is 53.4 Å². The molecule has 0 saturated carbocycles. The zero-order chi connectivity index (χ0) is 14.5. The molecule has 0 bridgehead atoms. The van der Waals surface area contributed by atoms with Crippen LogP contribution in [0.3, 0.4) is 0 Å². The molecular weight excluding hydrogens is 274 g/mol. The van der Waals surface area contributed by atoms with Gasteiger partial charge in [-0.05, 0) is 52.5 Å². The maximum absolute atomic E-state index is 12.1. The lowest BCUT2D eigenvalue weighted by Crippen LogP contribution is -2.53. The second-order valence-electron chi connectivity index (χ2n) is 6.47. The molecule has 1 saturated heterocycles. The second-order valence-corrected chi connectivity index (χ2v) is 6.47. The fraction of sp³-hybridized carbons (Fsp3) is 0.933. The van der Waals surface area contributed by atoms with Gasteiger partial charge >= 0.3 is 0 Å². The van der Waals surface area contributed by atoms with E-state index >= 15 is 0 Å². The quantitative estimate of drug-likeness (QED) is 0.790. The highest BCUT2D eigenvalue weighted by Crippen LogP contribution is 2.18. The maximum Gasteiger partial charge on any atom is 0.239 e. The molecule has 0 radical (unpaired) electrons. The summed E-state index contributed by atoms with van der Waals surface area (Å²) in [5.74, 6) is 0.563. The first kappa shape index (κ1) is 19.7. The third-order valence-electron chi connectivity index (χ3n) is 4.12. The summed E-state index contributed by atoms with van der Waals surface area (Å²) in [4.78, 5) is 14.6. The molecule has 2 unspecified atom stereocenters. The van der Waals surface area contributed by atoms with E-state index in [0.29, 0.717) is 12.0 Å². The monoisotopic (exact) mass is 305 g/mol. The van der Waals surface area contributed by atoms with Crippen molar-refractivity contribution in [2.75, 3.05) is 19.6 Å². The van der Waals surface area contributed by atoms with Crippen LogP contribution in [-0.4, -0.2) is 42.0 Å². The van der Waals surface area contributed by atoms with Crippen LogP contribution in [0, 0.1) is 5.92 Å². The second kappa shape index (κ2) is 8.85. The van der Waals surface area contributed by atoms with Crippen LogP contribution < -0.4 is 11.1 Å². The van der Waals surface area contributed by atoms with Crippen molar-refractivity contribution >= 4 is 18.3 Å². The summed E-state index contributed by atoms with van der Waals surface area (Å²) in [6, 6.07) is 0.596. The SMILES string of the molecule is CCCC(C)(N)C(=O)NCC1CCCN(C(C)C)C1.Cl. The molecule has 3 N–H and O–H groups in total. The predicted octanol–water partition coefficient (Wildman–Crippen LogP) is 2.16. The lowest BCUT2D eigenvalue weighted by molar-refractivity contribution is -0.126. The summed E-state index contributed by atoms with van der Waals surface area (Å²) >= 11 is 0. The number of carbonyl (C=O) groups excluding carboxylic acids is 1. The number of carbonyl (C=O) groups is 1. The number of piperidine rings is 1. The maximum atomic E-state index is 12.1. The smallest absolute Gasteiger partial charge is 0.239 e. The lowest BCUT2D eigenvalue weighted by Gasteiger charge is -2.36. The highest BCUT2D eigenvalue weighted by Gasteiger charge is 2.28. The van der Waals surface area contributed by atoms with Crippen molar-refractivity contribution in [3.63, 3.8) is 0 Å². The van der Waals surface area contributed by atoms with E-state index in [1.54, 1.807) is 0 Å². The topological polar surface area (TPSA) is 58.4 Å². The number of likely N-dealkylation sites (tertiary alicyclic amines) is 1. The van der Waals surface area contributed by atoms with Gasteiger partial charge in [-0.3, -0.25) is 4.79 Å². The average Bonchev–Trinajstić information content (AvgIpc) is 2.36. The summed E-state index contributed by atoms with van der Waals surface area (Å²) in [6.45, 7) is 11.4. The average molecular weight is 306 g/mol. The number of nitrogens with one attached hydrogen (secondary N) is 1. The number of amides is 1. The Bertz CT molecular complexity index is 295. The molecule has 0 spiro atoms. The Morgan fingerprint density at radius 3 is 2.70 bits per heavy atom. The van der Waals surface area contributed by atoms with Gasteiger partial charge in [0, 0.05) is 19.1 Å². The summed E-state index contributed by atoms with van der Waals surface area (Å²) in [5, 5.41) is 3.05. The van der Waals surface area contributed by atoms with E-state index in [4.69, 9.17) is 5.73 Å². The van der Waals surface area contributed by atoms with Gasteiger partial charge in [0.05, 0.1) is 5.54 Å². The molecule has 1 aliphatic heterocycles. The van der Waals surface area contributed by atoms with Gasteiger partial charge < -0.3 is 16.0 Å². The van der Waals surface area contributed by atoms with Crippen LogP contribution in [0.4, 0.5) is 0 Å². The molecule has 1 rings (SSSR count). The molecule has 2 atom stereocenters. The standard InChI is InChI=1S/C15H31N3O.ClH/c1-5-8-15(4,16)14(19)17-10-13-7-6-9-18(11-13)12(2)3;/h12-13H,5-11,16H2,1-4H3,(H,17,19);1H. The van der Waals surface area contributed by atoms with Crippen molar-refractivity contribution in [1.82, 2.24) is 10.2 Å². The highest BCUT2D eigenvalue weighted by atomic mass is 35.5. The van der Waals surface area contributed by atoms with E-state index in [1.165, 1.54) is 19.4 Å². The predicted molar refractivity (Wildman–Crippen MR) is 87.2 cm³/mol. The Hall–Kier alpha value is -0.320. The van der Waals surface area contributed by atoms with Crippen LogP contribution in [0.5, 0.6) is 0 Å². The van der Waals surface area contributed by atoms with Crippen molar-refractivity contribution in [2.24, 2.45) is 11.7 Å². The normalized spacial score (nSPS) is 23.0. The van der Waals surface area contributed by atoms with E-state index in [0.717, 1.165) is 25.9 Å². The minimum absolute atomic E-state index is 0.